The maximum atomic E-state index is 9.35. The third kappa shape index (κ3) is 2.59. The predicted octanol–water partition coefficient (Wildman–Crippen LogP) is 4.32. The van der Waals surface area contributed by atoms with Crippen LogP contribution in [0.5, 0.6) is 0 Å². The molecule has 2 nitrogen and oxygen atoms in total. The highest BCUT2D eigenvalue weighted by atomic mass is 14.3. The summed E-state index contributed by atoms with van der Waals surface area (Å²) >= 11 is 0. The van der Waals surface area contributed by atoms with Gasteiger partial charge in [-0.15, -0.1) is 0 Å². The van der Waals surface area contributed by atoms with Crippen LogP contribution in [0.15, 0.2) is 30.3 Å². The van der Waals surface area contributed by atoms with E-state index in [0.717, 1.165) is 42.0 Å². The van der Waals surface area contributed by atoms with Crippen molar-refractivity contribution >= 4 is 10.8 Å². The molecule has 0 heterocycles. The van der Waals surface area contributed by atoms with E-state index < -0.39 is 0 Å². The zero-order valence-corrected chi connectivity index (χ0v) is 11.1. The summed E-state index contributed by atoms with van der Waals surface area (Å²) in [7, 11) is 0. The lowest BCUT2D eigenvalue weighted by Gasteiger charge is -2.10. The van der Waals surface area contributed by atoms with Gasteiger partial charge >= 0.3 is 0 Å². The summed E-state index contributed by atoms with van der Waals surface area (Å²) in [4.78, 5) is 0. The number of hydrogen-bond donors (Lipinski definition) is 0. The van der Waals surface area contributed by atoms with Gasteiger partial charge in [-0.1, -0.05) is 44.0 Å². The van der Waals surface area contributed by atoms with E-state index in [1.807, 2.05) is 30.3 Å². The molecule has 2 aromatic carbocycles. The van der Waals surface area contributed by atoms with Gasteiger partial charge in [0.2, 0.25) is 0 Å². The zero-order chi connectivity index (χ0) is 13.7. The van der Waals surface area contributed by atoms with Crippen LogP contribution in [0.25, 0.3) is 10.8 Å². The number of hydrogen-bond acceptors (Lipinski definition) is 2. The Bertz CT molecular complexity index is 672. The minimum Gasteiger partial charge on any atom is -0.192 e. The highest BCUT2D eigenvalue weighted by Gasteiger charge is 2.12. The first-order valence-electron chi connectivity index (χ1n) is 6.66. The molecule has 0 aliphatic rings. The number of benzene rings is 2. The van der Waals surface area contributed by atoms with Gasteiger partial charge in [0.1, 0.15) is 12.1 Å². The minimum absolute atomic E-state index is 0.493. The summed E-state index contributed by atoms with van der Waals surface area (Å²) in [6.45, 7) is 2.16. The van der Waals surface area contributed by atoms with Crippen molar-refractivity contribution in [3.63, 3.8) is 0 Å². The number of fused-ring (bicyclic) bond motifs is 1. The van der Waals surface area contributed by atoms with Crippen molar-refractivity contribution in [3.05, 3.63) is 47.0 Å². The third-order valence-electron chi connectivity index (χ3n) is 3.42. The third-order valence-corrected chi connectivity index (χ3v) is 3.42. The van der Waals surface area contributed by atoms with E-state index in [4.69, 9.17) is 0 Å². The number of nitriles is 2. The first-order valence-corrected chi connectivity index (χ1v) is 6.66. The number of rotatable bonds is 4. The lowest BCUT2D eigenvalue weighted by Crippen LogP contribution is -1.97. The van der Waals surface area contributed by atoms with E-state index in [0.29, 0.717) is 11.1 Å². The topological polar surface area (TPSA) is 47.6 Å². The fraction of sp³-hybridized carbons (Fsp3) is 0.294. The van der Waals surface area contributed by atoms with E-state index in [2.05, 4.69) is 19.1 Å². The molecular weight excluding hydrogens is 232 g/mol. The molecule has 2 rings (SSSR count). The van der Waals surface area contributed by atoms with Crippen molar-refractivity contribution in [3.8, 4) is 12.1 Å². The van der Waals surface area contributed by atoms with Crippen LogP contribution >= 0.6 is 0 Å². The minimum atomic E-state index is 0.493. The first-order chi connectivity index (χ1) is 9.31. The monoisotopic (exact) mass is 248 g/mol. The van der Waals surface area contributed by atoms with Crippen molar-refractivity contribution in [2.24, 2.45) is 0 Å². The molecule has 0 fully saturated rings. The van der Waals surface area contributed by atoms with Crippen molar-refractivity contribution in [1.82, 2.24) is 0 Å². The van der Waals surface area contributed by atoms with E-state index in [1.54, 1.807) is 0 Å². The standard InChI is InChI=1S/C17H16N2/c1-2-3-4-9-16-15-8-6-5-7-13(15)10-14(11-18)17(16)12-19/h5-8,10H,2-4,9H2,1H3. The second-order valence-corrected chi connectivity index (χ2v) is 4.68. The molecule has 0 atom stereocenters. The summed E-state index contributed by atoms with van der Waals surface area (Å²) < 4.78 is 0. The van der Waals surface area contributed by atoms with Gasteiger partial charge in [-0.2, -0.15) is 10.5 Å². The van der Waals surface area contributed by atoms with Crippen LogP contribution in [0.1, 0.15) is 42.9 Å². The largest absolute Gasteiger partial charge is 0.192 e. The molecule has 0 unspecified atom stereocenters. The van der Waals surface area contributed by atoms with Crippen LogP contribution < -0.4 is 0 Å². The molecule has 94 valence electrons. The molecule has 0 saturated heterocycles. The molecule has 0 N–H and O–H groups in total. The van der Waals surface area contributed by atoms with Crippen LogP contribution in [0, 0.1) is 22.7 Å². The van der Waals surface area contributed by atoms with Gasteiger partial charge in [0.25, 0.3) is 0 Å². The molecule has 0 aliphatic carbocycles. The summed E-state index contributed by atoms with van der Waals surface area (Å²) in [5, 5.41) is 20.7. The lowest BCUT2D eigenvalue weighted by atomic mass is 9.92. The summed E-state index contributed by atoms with van der Waals surface area (Å²) in [5.74, 6) is 0. The van der Waals surface area contributed by atoms with Gasteiger partial charge in [0, 0.05) is 0 Å². The zero-order valence-electron chi connectivity index (χ0n) is 11.1. The second kappa shape index (κ2) is 6.03. The summed E-state index contributed by atoms with van der Waals surface area (Å²) in [5.41, 5.74) is 2.08. The van der Waals surface area contributed by atoms with Gasteiger partial charge in [0.15, 0.2) is 0 Å². The van der Waals surface area contributed by atoms with E-state index in [-0.39, 0.29) is 0 Å². The average molecular weight is 248 g/mol. The molecule has 0 radical (unpaired) electrons. The van der Waals surface area contributed by atoms with Crippen molar-refractivity contribution < 1.29 is 0 Å². The molecule has 2 heteroatoms. The maximum absolute atomic E-state index is 9.35. The first kappa shape index (κ1) is 13.1. The van der Waals surface area contributed by atoms with E-state index >= 15 is 0 Å². The second-order valence-electron chi connectivity index (χ2n) is 4.68. The molecule has 0 amide bonds. The molecule has 19 heavy (non-hydrogen) atoms. The normalized spacial score (nSPS) is 10.1. The number of aryl methyl sites for hydroxylation is 1. The Balaban J connectivity index is 2.62. The van der Waals surface area contributed by atoms with Gasteiger partial charge in [-0.3, -0.25) is 0 Å². The quantitative estimate of drug-likeness (QED) is 0.757. The molecule has 0 bridgehead atoms. The van der Waals surface area contributed by atoms with Crippen molar-refractivity contribution in [2.75, 3.05) is 0 Å². The fourth-order valence-corrected chi connectivity index (χ4v) is 2.45. The SMILES string of the molecule is CCCCCc1c(C#N)c(C#N)cc2ccccc12. The van der Waals surface area contributed by atoms with Gasteiger partial charge in [-0.05, 0) is 35.2 Å². The molecule has 2 aromatic rings. The summed E-state index contributed by atoms with van der Waals surface area (Å²) in [6, 6.07) is 14.2. The molecule has 0 saturated carbocycles. The Labute approximate surface area is 113 Å². The van der Waals surface area contributed by atoms with Crippen LogP contribution in [-0.4, -0.2) is 0 Å². The highest BCUT2D eigenvalue weighted by Crippen LogP contribution is 2.27. The predicted molar refractivity (Wildman–Crippen MR) is 76.6 cm³/mol. The average Bonchev–Trinajstić information content (AvgIpc) is 2.46. The number of unbranched alkanes of at least 4 members (excludes halogenated alkanes) is 2. The van der Waals surface area contributed by atoms with Crippen LogP contribution in [0.4, 0.5) is 0 Å². The fourth-order valence-electron chi connectivity index (χ4n) is 2.45. The lowest BCUT2D eigenvalue weighted by molar-refractivity contribution is 0.719. The Morgan fingerprint density at radius 3 is 2.53 bits per heavy atom. The Morgan fingerprint density at radius 2 is 1.84 bits per heavy atom. The molecule has 0 aliphatic heterocycles. The molecule has 0 spiro atoms. The van der Waals surface area contributed by atoms with Gasteiger partial charge < -0.3 is 0 Å². The van der Waals surface area contributed by atoms with E-state index in [9.17, 15) is 10.5 Å². The molecule has 0 aromatic heterocycles. The van der Waals surface area contributed by atoms with Crippen molar-refractivity contribution in [2.45, 2.75) is 32.6 Å². The smallest absolute Gasteiger partial charge is 0.101 e. The Kier molecular flexibility index (Phi) is 4.16. The highest BCUT2D eigenvalue weighted by molar-refractivity contribution is 5.89. The summed E-state index contributed by atoms with van der Waals surface area (Å²) in [6.07, 6.45) is 4.23. The number of nitrogens with zero attached hydrogens (tertiary/aromatic N) is 2. The van der Waals surface area contributed by atoms with Crippen LogP contribution in [0.2, 0.25) is 0 Å². The van der Waals surface area contributed by atoms with Crippen molar-refractivity contribution in [1.29, 1.82) is 10.5 Å². The van der Waals surface area contributed by atoms with Crippen LogP contribution in [0.3, 0.4) is 0 Å². The van der Waals surface area contributed by atoms with Gasteiger partial charge in [0.05, 0.1) is 11.1 Å². The van der Waals surface area contributed by atoms with E-state index in [1.165, 1.54) is 0 Å². The van der Waals surface area contributed by atoms with Crippen LogP contribution in [-0.2, 0) is 6.42 Å². The Hall–Kier alpha value is -2.32. The van der Waals surface area contributed by atoms with Gasteiger partial charge in [-0.25, -0.2) is 0 Å². The molecular formula is C17H16N2. The Morgan fingerprint density at radius 1 is 1.05 bits per heavy atom. The maximum Gasteiger partial charge on any atom is 0.101 e.